The van der Waals surface area contributed by atoms with Gasteiger partial charge in [0.05, 0.1) is 18.3 Å². The number of nitrogens with one attached hydrogen (secondary N) is 3. The molecule has 0 spiro atoms. The van der Waals surface area contributed by atoms with Gasteiger partial charge in [0.1, 0.15) is 18.1 Å². The molecular formula is C32H35N5O6. The molecule has 3 aromatic rings. The van der Waals surface area contributed by atoms with E-state index in [1.165, 1.54) is 10.8 Å². The van der Waals surface area contributed by atoms with Gasteiger partial charge in [-0.1, -0.05) is 48.5 Å². The summed E-state index contributed by atoms with van der Waals surface area (Å²) in [5.74, 6) is -0.949. The lowest BCUT2D eigenvalue weighted by atomic mass is 9.83. The number of anilines is 1. The van der Waals surface area contributed by atoms with Crippen LogP contribution in [-0.2, 0) is 43.3 Å². The van der Waals surface area contributed by atoms with E-state index in [-0.39, 0.29) is 48.8 Å². The Labute approximate surface area is 249 Å². The summed E-state index contributed by atoms with van der Waals surface area (Å²) in [7, 11) is 1.64. The first-order valence-electron chi connectivity index (χ1n) is 14.5. The Bertz CT molecular complexity index is 1600. The summed E-state index contributed by atoms with van der Waals surface area (Å²) in [4.78, 5) is 68.3. The third-order valence-electron chi connectivity index (χ3n) is 8.01. The normalized spacial score (nSPS) is 18.3. The number of benzene rings is 2. The quantitative estimate of drug-likeness (QED) is 0.308. The van der Waals surface area contributed by atoms with Gasteiger partial charge in [-0.2, -0.15) is 0 Å². The number of ether oxygens (including phenoxy) is 1. The van der Waals surface area contributed by atoms with Crippen LogP contribution in [0.25, 0.3) is 11.4 Å². The molecule has 1 aromatic heterocycles. The maximum Gasteiger partial charge on any atom is 0.306 e. The van der Waals surface area contributed by atoms with Crippen LogP contribution < -0.4 is 21.5 Å². The molecule has 11 nitrogen and oxygen atoms in total. The molecule has 0 saturated carbocycles. The number of ketones is 1. The number of esters is 1. The molecule has 2 heterocycles. The van der Waals surface area contributed by atoms with Crippen LogP contribution in [0.5, 0.6) is 0 Å². The van der Waals surface area contributed by atoms with Gasteiger partial charge >= 0.3 is 5.97 Å². The number of aromatic nitrogens is 2. The molecule has 11 heteroatoms. The number of amides is 2. The van der Waals surface area contributed by atoms with E-state index in [9.17, 15) is 24.0 Å². The van der Waals surface area contributed by atoms with Crippen LogP contribution >= 0.6 is 0 Å². The molecule has 2 aromatic carbocycles. The first kappa shape index (κ1) is 29.8. The topological polar surface area (TPSA) is 148 Å². The molecule has 3 N–H and O–H groups in total. The number of hydrogen-bond acceptors (Lipinski definition) is 8. The van der Waals surface area contributed by atoms with E-state index in [4.69, 9.17) is 4.74 Å². The fourth-order valence-electron chi connectivity index (χ4n) is 5.59. The minimum absolute atomic E-state index is 0.0233. The van der Waals surface area contributed by atoms with Crippen molar-refractivity contribution in [3.05, 3.63) is 81.8 Å². The Hall–Kier alpha value is -4.64. The second-order valence-electron chi connectivity index (χ2n) is 10.9. The van der Waals surface area contributed by atoms with Crippen molar-refractivity contribution in [2.24, 2.45) is 0 Å². The Balaban J connectivity index is 1.37. The molecule has 43 heavy (non-hydrogen) atoms. The predicted molar refractivity (Wildman–Crippen MR) is 159 cm³/mol. The number of nitrogens with zero attached hydrogens (tertiary/aromatic N) is 2. The Morgan fingerprint density at radius 3 is 2.56 bits per heavy atom. The zero-order chi connectivity index (χ0) is 30.5. The van der Waals surface area contributed by atoms with Gasteiger partial charge in [-0.25, -0.2) is 4.98 Å². The highest BCUT2D eigenvalue weighted by Gasteiger charge is 2.31. The average Bonchev–Trinajstić information content (AvgIpc) is 3.46. The van der Waals surface area contributed by atoms with E-state index in [0.717, 1.165) is 29.5 Å². The summed E-state index contributed by atoms with van der Waals surface area (Å²) in [5, 5.41) is 8.52. The molecule has 2 aliphatic rings. The number of carbonyl (C=O) groups excluding carboxylic acids is 4. The molecule has 1 aliphatic carbocycles. The molecule has 3 atom stereocenters. The van der Waals surface area contributed by atoms with Gasteiger partial charge in [0.15, 0.2) is 11.9 Å². The van der Waals surface area contributed by atoms with Crippen LogP contribution in [0.15, 0.2) is 59.5 Å². The second kappa shape index (κ2) is 13.1. The van der Waals surface area contributed by atoms with E-state index >= 15 is 0 Å². The second-order valence-corrected chi connectivity index (χ2v) is 10.9. The third kappa shape index (κ3) is 6.72. The first-order valence-corrected chi connectivity index (χ1v) is 14.5. The van der Waals surface area contributed by atoms with Gasteiger partial charge in [0.25, 0.3) is 5.56 Å². The lowest BCUT2D eigenvalue weighted by Gasteiger charge is -2.28. The standard InChI is InChI=1S/C32H35N5O6/c1-19(33-2)31(41)36-25-17-34-30(20-8-4-3-5-9-20)37(32(25)42)18-28(39)35-24-13-7-11-22-21(10-6-12-23(22)24)16-26(38)27-14-15-29(40)43-27/h3-6,8-10,12,17,19,24,27,33H,7,11,13-16,18H2,1-2H3,(H,35,39)(H,36,41)/t19-,24?,27?/m0/s1. The number of hydrogen-bond donors (Lipinski definition) is 3. The fraction of sp³-hybridized carbons (Fsp3) is 0.375. The maximum absolute atomic E-state index is 13.6. The average molecular weight is 586 g/mol. The Kier molecular flexibility index (Phi) is 9.10. The number of cyclic esters (lactones) is 1. The molecule has 0 bridgehead atoms. The van der Waals surface area contributed by atoms with Crippen LogP contribution in [0.3, 0.4) is 0 Å². The van der Waals surface area contributed by atoms with Gasteiger partial charge in [-0.15, -0.1) is 0 Å². The van der Waals surface area contributed by atoms with Gasteiger partial charge < -0.3 is 20.7 Å². The van der Waals surface area contributed by atoms with Gasteiger partial charge in [0.2, 0.25) is 11.8 Å². The van der Waals surface area contributed by atoms with Crippen LogP contribution in [0.2, 0.25) is 0 Å². The van der Waals surface area contributed by atoms with E-state index in [1.54, 1.807) is 26.1 Å². The van der Waals surface area contributed by atoms with Gasteiger partial charge in [-0.05, 0) is 49.9 Å². The third-order valence-corrected chi connectivity index (χ3v) is 8.01. The Morgan fingerprint density at radius 1 is 1.05 bits per heavy atom. The smallest absolute Gasteiger partial charge is 0.306 e. The highest BCUT2D eigenvalue weighted by molar-refractivity contribution is 5.94. The number of Topliss-reactive ketones (excluding diaryl/α,β-unsaturated/α-hetero) is 1. The summed E-state index contributed by atoms with van der Waals surface area (Å²) in [6, 6.07) is 13.9. The SMILES string of the molecule is CN[C@@H](C)C(=O)Nc1cnc(-c2ccccc2)n(CC(=O)NC2CCCc3c(CC(=O)C4CCC(=O)O4)cccc32)c1=O. The largest absolute Gasteiger partial charge is 0.454 e. The van der Waals surface area contributed by atoms with Crippen molar-refractivity contribution in [3.8, 4) is 11.4 Å². The molecule has 1 aliphatic heterocycles. The molecule has 1 saturated heterocycles. The molecular weight excluding hydrogens is 550 g/mol. The van der Waals surface area contributed by atoms with Crippen molar-refractivity contribution in [3.63, 3.8) is 0 Å². The number of carbonyl (C=O) groups is 4. The number of fused-ring (bicyclic) bond motifs is 1. The van der Waals surface area contributed by atoms with Crippen molar-refractivity contribution in [2.45, 2.75) is 70.2 Å². The molecule has 2 unspecified atom stereocenters. The minimum Gasteiger partial charge on any atom is -0.454 e. The number of rotatable bonds is 10. The number of likely N-dealkylation sites (N-methyl/N-ethyl adjacent to an activating group) is 1. The fourth-order valence-corrected chi connectivity index (χ4v) is 5.59. The summed E-state index contributed by atoms with van der Waals surface area (Å²) in [6.45, 7) is 1.36. The van der Waals surface area contributed by atoms with Crippen LogP contribution in [0.4, 0.5) is 5.69 Å². The highest BCUT2D eigenvalue weighted by atomic mass is 16.6. The van der Waals surface area contributed by atoms with Gasteiger partial charge in [0, 0.05) is 24.8 Å². The summed E-state index contributed by atoms with van der Waals surface area (Å²) in [5.41, 5.74) is 2.91. The lowest BCUT2D eigenvalue weighted by Crippen LogP contribution is -2.40. The van der Waals surface area contributed by atoms with Crippen molar-refractivity contribution in [1.29, 1.82) is 0 Å². The summed E-state index contributed by atoms with van der Waals surface area (Å²) >= 11 is 0. The summed E-state index contributed by atoms with van der Waals surface area (Å²) in [6.07, 6.45) is 3.71. The van der Waals surface area contributed by atoms with E-state index in [0.29, 0.717) is 24.2 Å². The molecule has 5 rings (SSSR count). The first-order chi connectivity index (χ1) is 20.7. The van der Waals surface area contributed by atoms with Crippen molar-refractivity contribution < 1.29 is 23.9 Å². The predicted octanol–water partition coefficient (Wildman–Crippen LogP) is 2.47. The minimum atomic E-state index is -0.699. The molecule has 0 radical (unpaired) electrons. The highest BCUT2D eigenvalue weighted by Crippen LogP contribution is 2.33. The van der Waals surface area contributed by atoms with Crippen LogP contribution in [-0.4, -0.2) is 52.3 Å². The Morgan fingerprint density at radius 2 is 1.84 bits per heavy atom. The molecule has 2 amide bonds. The summed E-state index contributed by atoms with van der Waals surface area (Å²) < 4.78 is 6.43. The zero-order valence-electron chi connectivity index (χ0n) is 24.2. The van der Waals surface area contributed by atoms with Crippen molar-refractivity contribution in [1.82, 2.24) is 20.2 Å². The van der Waals surface area contributed by atoms with Crippen molar-refractivity contribution >= 4 is 29.3 Å². The van der Waals surface area contributed by atoms with E-state index in [1.807, 2.05) is 36.4 Å². The van der Waals surface area contributed by atoms with E-state index < -0.39 is 23.6 Å². The van der Waals surface area contributed by atoms with Gasteiger partial charge in [-0.3, -0.25) is 28.5 Å². The molecule has 1 fully saturated rings. The molecule has 224 valence electrons. The van der Waals surface area contributed by atoms with Crippen LogP contribution in [0.1, 0.15) is 55.3 Å². The van der Waals surface area contributed by atoms with Crippen molar-refractivity contribution in [2.75, 3.05) is 12.4 Å². The zero-order valence-corrected chi connectivity index (χ0v) is 24.2. The monoisotopic (exact) mass is 585 g/mol. The van der Waals surface area contributed by atoms with E-state index in [2.05, 4.69) is 20.9 Å². The maximum atomic E-state index is 13.6. The van der Waals surface area contributed by atoms with Crippen LogP contribution in [0, 0.1) is 0 Å². The lowest BCUT2D eigenvalue weighted by molar-refractivity contribution is -0.147.